The van der Waals surface area contributed by atoms with Crippen molar-refractivity contribution in [1.82, 2.24) is 0 Å². The highest BCUT2D eigenvalue weighted by Gasteiger charge is 2.71. The largest absolute Gasteiger partial charge is 0.462 e. The molecule has 7 nitrogen and oxygen atoms in total. The molecule has 41 heavy (non-hydrogen) atoms. The van der Waals surface area contributed by atoms with Gasteiger partial charge in [-0.1, -0.05) is 0 Å². The van der Waals surface area contributed by atoms with Gasteiger partial charge in [0, 0.05) is 13.0 Å². The van der Waals surface area contributed by atoms with Crippen LogP contribution in [0.5, 0.6) is 0 Å². The van der Waals surface area contributed by atoms with Crippen molar-refractivity contribution in [3.63, 3.8) is 0 Å². The lowest BCUT2D eigenvalue weighted by atomic mass is 9.60. The maximum atomic E-state index is 13.5. The Morgan fingerprint density at radius 1 is 0.902 bits per heavy atom. The molecule has 4 unspecified atom stereocenters. The van der Waals surface area contributed by atoms with E-state index in [2.05, 4.69) is 0 Å². The second-order valence-corrected chi connectivity index (χ2v) is 12.9. The van der Waals surface area contributed by atoms with Crippen molar-refractivity contribution in [3.8, 4) is 0 Å². The van der Waals surface area contributed by atoms with Crippen molar-refractivity contribution >= 4 is 16.1 Å². The van der Waals surface area contributed by atoms with Gasteiger partial charge in [0.05, 0.1) is 12.0 Å². The van der Waals surface area contributed by atoms with E-state index < -0.39 is 87.8 Å². The summed E-state index contributed by atoms with van der Waals surface area (Å²) in [7, 11) is -6.36. The van der Waals surface area contributed by atoms with Gasteiger partial charge in [-0.25, -0.2) is 0 Å². The van der Waals surface area contributed by atoms with Crippen LogP contribution in [0, 0.1) is 23.2 Å². The van der Waals surface area contributed by atoms with E-state index in [-0.39, 0.29) is 44.8 Å². The Balaban J connectivity index is 1.92. The Labute approximate surface area is 229 Å². The van der Waals surface area contributed by atoms with Crippen molar-refractivity contribution in [3.05, 3.63) is 0 Å². The molecule has 0 aromatic heterocycles. The summed E-state index contributed by atoms with van der Waals surface area (Å²) < 4.78 is 173. The first-order valence-electron chi connectivity index (χ1n) is 12.6. The lowest BCUT2D eigenvalue weighted by Crippen LogP contribution is -2.59. The van der Waals surface area contributed by atoms with Crippen LogP contribution in [0.15, 0.2) is 0 Å². The first-order chi connectivity index (χ1) is 18.3. The molecule has 0 heterocycles. The first-order valence-corrected chi connectivity index (χ1v) is 14.1. The SMILES string of the molecule is CC(C)(COCCCCC(F)(F)C(F)(F)S(=O)(=O)O)C(=O)OC1CC2CCC1C(CC(O)(C(F)(F)F)C(F)(F)F)C2. The zero-order valence-corrected chi connectivity index (χ0v) is 22.8. The number of carbonyl (C=O) groups excluding carboxylic acids is 1. The van der Waals surface area contributed by atoms with Gasteiger partial charge in [0.1, 0.15) is 6.10 Å². The van der Waals surface area contributed by atoms with Crippen LogP contribution < -0.4 is 0 Å². The van der Waals surface area contributed by atoms with Gasteiger partial charge in [-0.15, -0.1) is 0 Å². The van der Waals surface area contributed by atoms with Crippen molar-refractivity contribution in [2.45, 2.75) is 100 Å². The minimum atomic E-state index is -6.36. The molecular formula is C23H32F10O7S. The molecule has 2 bridgehead atoms. The van der Waals surface area contributed by atoms with Crippen LogP contribution in [0.1, 0.15) is 65.2 Å². The van der Waals surface area contributed by atoms with Crippen LogP contribution in [0.3, 0.4) is 0 Å². The van der Waals surface area contributed by atoms with E-state index in [1.807, 2.05) is 0 Å². The van der Waals surface area contributed by atoms with Gasteiger partial charge >= 0.3 is 39.6 Å². The summed E-state index contributed by atoms with van der Waals surface area (Å²) in [5.74, 6) is -8.36. The van der Waals surface area contributed by atoms with E-state index in [0.717, 1.165) is 0 Å². The number of ether oxygens (including phenoxy) is 2. The molecule has 18 heteroatoms. The maximum absolute atomic E-state index is 13.5. The quantitative estimate of drug-likeness (QED) is 0.111. The molecule has 0 amide bonds. The third kappa shape index (κ3) is 7.77. The van der Waals surface area contributed by atoms with E-state index in [4.69, 9.17) is 14.0 Å². The first kappa shape index (κ1) is 35.8. The van der Waals surface area contributed by atoms with Gasteiger partial charge < -0.3 is 14.6 Å². The number of hydrogen-bond donors (Lipinski definition) is 2. The molecule has 0 aliphatic heterocycles. The molecule has 3 fully saturated rings. The molecule has 0 saturated heterocycles. The number of hydrogen-bond acceptors (Lipinski definition) is 6. The Bertz CT molecular complexity index is 1010. The number of rotatable bonds is 13. The molecule has 4 atom stereocenters. The molecule has 0 aromatic carbocycles. The molecular weight excluding hydrogens is 610 g/mol. The Hall–Kier alpha value is -1.40. The van der Waals surface area contributed by atoms with E-state index in [9.17, 15) is 62.2 Å². The van der Waals surface area contributed by atoms with E-state index in [0.29, 0.717) is 6.42 Å². The summed E-state index contributed by atoms with van der Waals surface area (Å²) in [6.07, 6.45) is -16.2. The topological polar surface area (TPSA) is 110 Å². The third-order valence-corrected chi connectivity index (χ3v) is 8.69. The summed E-state index contributed by atoms with van der Waals surface area (Å²) in [6, 6.07) is 0. The Morgan fingerprint density at radius 2 is 1.46 bits per heavy atom. The van der Waals surface area contributed by atoms with Crippen LogP contribution in [-0.2, 0) is 24.4 Å². The minimum Gasteiger partial charge on any atom is -0.462 e. The lowest BCUT2D eigenvalue weighted by molar-refractivity contribution is -0.375. The average molecular weight is 643 g/mol. The molecule has 3 aliphatic carbocycles. The normalized spacial score (nSPS) is 24.9. The van der Waals surface area contributed by atoms with Crippen molar-refractivity contribution in [2.24, 2.45) is 23.2 Å². The van der Waals surface area contributed by atoms with Crippen LogP contribution in [0.4, 0.5) is 43.9 Å². The molecule has 3 saturated carbocycles. The molecule has 0 spiro atoms. The van der Waals surface area contributed by atoms with E-state index in [1.165, 1.54) is 13.8 Å². The van der Waals surface area contributed by atoms with Crippen LogP contribution in [0.25, 0.3) is 0 Å². The van der Waals surface area contributed by atoms with Gasteiger partial charge in [-0.3, -0.25) is 9.35 Å². The second-order valence-electron chi connectivity index (χ2n) is 11.4. The third-order valence-electron chi connectivity index (χ3n) is 7.74. The number of fused-ring (bicyclic) bond motifs is 3. The van der Waals surface area contributed by atoms with E-state index >= 15 is 0 Å². The molecule has 3 aliphatic rings. The fraction of sp³-hybridized carbons (Fsp3) is 0.957. The van der Waals surface area contributed by atoms with Crippen molar-refractivity contribution in [2.75, 3.05) is 13.2 Å². The van der Waals surface area contributed by atoms with Gasteiger partial charge in [0.2, 0.25) is 0 Å². The number of alkyl halides is 10. The summed E-state index contributed by atoms with van der Waals surface area (Å²) in [4.78, 5) is 12.8. The van der Waals surface area contributed by atoms with Gasteiger partial charge in [0.15, 0.2) is 0 Å². The fourth-order valence-corrected chi connectivity index (χ4v) is 5.78. The predicted octanol–water partition coefficient (Wildman–Crippen LogP) is 5.91. The molecule has 2 N–H and O–H groups in total. The molecule has 0 radical (unpaired) electrons. The summed E-state index contributed by atoms with van der Waals surface area (Å²) in [5, 5.41) is 3.96. The van der Waals surface area contributed by atoms with Gasteiger partial charge in [0.25, 0.3) is 5.60 Å². The number of aliphatic hydroxyl groups is 1. The van der Waals surface area contributed by atoms with Crippen molar-refractivity contribution in [1.29, 1.82) is 0 Å². The van der Waals surface area contributed by atoms with Gasteiger partial charge in [-0.2, -0.15) is 52.3 Å². The van der Waals surface area contributed by atoms with Crippen molar-refractivity contribution < 1.29 is 76.2 Å². The number of unbranched alkanes of at least 4 members (excludes halogenated alkanes) is 1. The standard InChI is InChI=1S/C23H32F10O7S/c1-18(2,12-39-8-4-3-7-20(24,25)23(32,33)41(36,37)38)17(34)40-16-10-13-5-6-15(16)14(9-13)11-19(35,21(26,27)28)22(29,30)31/h13-16,35H,3-12H2,1-2H3,(H,36,37,38). The molecule has 242 valence electrons. The maximum Gasteiger partial charge on any atom is 0.431 e. The highest BCUT2D eigenvalue weighted by molar-refractivity contribution is 7.87. The van der Waals surface area contributed by atoms with Crippen LogP contribution >= 0.6 is 0 Å². The van der Waals surface area contributed by atoms with E-state index in [1.54, 1.807) is 0 Å². The number of esters is 1. The summed E-state index contributed by atoms with van der Waals surface area (Å²) in [6.45, 7) is 1.99. The second kappa shape index (κ2) is 11.9. The average Bonchev–Trinajstić information content (AvgIpc) is 2.79. The Morgan fingerprint density at radius 3 is 1.95 bits per heavy atom. The van der Waals surface area contributed by atoms with Gasteiger partial charge in [-0.05, 0) is 76.5 Å². The highest BCUT2D eigenvalue weighted by atomic mass is 32.2. The highest BCUT2D eigenvalue weighted by Crippen LogP contribution is 2.54. The zero-order chi connectivity index (χ0) is 31.9. The number of carbonyl (C=O) groups is 1. The summed E-state index contributed by atoms with van der Waals surface area (Å²) >= 11 is 0. The number of halogens is 10. The van der Waals surface area contributed by atoms with Crippen LogP contribution in [0.2, 0.25) is 0 Å². The molecule has 3 rings (SSSR count). The minimum absolute atomic E-state index is 0.00506. The monoisotopic (exact) mass is 642 g/mol. The Kier molecular flexibility index (Phi) is 10.4. The summed E-state index contributed by atoms with van der Waals surface area (Å²) in [5.41, 5.74) is -6.33. The smallest absolute Gasteiger partial charge is 0.431 e. The fourth-order valence-electron chi connectivity index (χ4n) is 5.30. The predicted molar refractivity (Wildman–Crippen MR) is 120 cm³/mol. The lowest BCUT2D eigenvalue weighted by Gasteiger charge is -2.49. The molecule has 0 aromatic rings. The van der Waals surface area contributed by atoms with Crippen LogP contribution in [-0.4, -0.2) is 72.5 Å². The zero-order valence-electron chi connectivity index (χ0n) is 22.0.